The van der Waals surface area contributed by atoms with E-state index >= 15 is 0 Å². The van der Waals surface area contributed by atoms with E-state index in [0.29, 0.717) is 5.56 Å². The van der Waals surface area contributed by atoms with E-state index in [1.165, 1.54) is 0 Å². The molecule has 148 valence electrons. The van der Waals surface area contributed by atoms with E-state index in [-0.39, 0.29) is 17.9 Å². The molecule has 0 aromatic heterocycles. The Bertz CT molecular complexity index is 886. The van der Waals surface area contributed by atoms with E-state index in [0.717, 1.165) is 62.7 Å². The molecule has 2 aliphatic heterocycles. The predicted molar refractivity (Wildman–Crippen MR) is 104 cm³/mol. The van der Waals surface area contributed by atoms with Gasteiger partial charge in [0, 0.05) is 11.5 Å². The third-order valence-corrected chi connectivity index (χ3v) is 7.84. The van der Waals surface area contributed by atoms with Crippen LogP contribution in [0.1, 0.15) is 81.1 Å². The number of allylic oxidation sites excluding steroid dienone is 1. The number of rotatable bonds is 4. The Hall–Kier alpha value is -2.10. The van der Waals surface area contributed by atoms with Crippen molar-refractivity contribution in [2.24, 2.45) is 16.7 Å². The van der Waals surface area contributed by atoms with Crippen molar-refractivity contribution in [3.63, 3.8) is 0 Å². The maximum absolute atomic E-state index is 13.4. The fourth-order valence-corrected chi connectivity index (χ4v) is 7.06. The minimum Gasteiger partial charge on any atom is -0.449 e. The Balaban J connectivity index is 1.80. The molecule has 1 spiro atoms. The van der Waals surface area contributed by atoms with E-state index in [1.807, 2.05) is 24.3 Å². The van der Waals surface area contributed by atoms with E-state index in [1.54, 1.807) is 0 Å². The van der Waals surface area contributed by atoms with Crippen molar-refractivity contribution in [2.45, 2.75) is 70.8 Å². The number of unbranched alkanes of at least 4 members (excludes halogenated alkanes) is 1. The van der Waals surface area contributed by atoms with Crippen LogP contribution < -0.4 is 0 Å². The number of cyclic esters (lactones) is 1. The van der Waals surface area contributed by atoms with Gasteiger partial charge in [-0.05, 0) is 37.8 Å². The van der Waals surface area contributed by atoms with Crippen LogP contribution in [-0.2, 0) is 19.9 Å². The summed E-state index contributed by atoms with van der Waals surface area (Å²) in [6.45, 7) is 4.27. The van der Waals surface area contributed by atoms with Gasteiger partial charge in [0.2, 0.25) is 0 Å². The monoisotopic (exact) mass is 380 g/mol. The summed E-state index contributed by atoms with van der Waals surface area (Å²) >= 11 is 0. The van der Waals surface area contributed by atoms with Crippen LogP contribution in [0.15, 0.2) is 36.1 Å². The van der Waals surface area contributed by atoms with Crippen LogP contribution in [0.4, 0.5) is 0 Å². The quantitative estimate of drug-likeness (QED) is 0.668. The van der Waals surface area contributed by atoms with E-state index in [4.69, 9.17) is 9.47 Å². The topological polar surface area (TPSA) is 52.6 Å². The third-order valence-electron chi connectivity index (χ3n) is 7.84. The highest BCUT2D eigenvalue weighted by atomic mass is 16.6. The summed E-state index contributed by atoms with van der Waals surface area (Å²) in [5.41, 5.74) is -0.211. The summed E-state index contributed by atoms with van der Waals surface area (Å²) in [6, 6.07) is 7.78. The number of esters is 2. The fraction of sp³-hybridized carbons (Fsp3) is 0.583. The van der Waals surface area contributed by atoms with Gasteiger partial charge in [-0.2, -0.15) is 0 Å². The zero-order valence-corrected chi connectivity index (χ0v) is 16.8. The average Bonchev–Trinajstić information content (AvgIpc) is 3.15. The zero-order chi connectivity index (χ0) is 19.6. The number of carbonyl (C=O) groups excluding carboxylic acids is 2. The molecule has 2 heterocycles. The molecule has 3 fully saturated rings. The van der Waals surface area contributed by atoms with Crippen LogP contribution in [0.2, 0.25) is 0 Å². The predicted octanol–water partition coefficient (Wildman–Crippen LogP) is 5.27. The van der Waals surface area contributed by atoms with Crippen molar-refractivity contribution >= 4 is 11.9 Å². The molecule has 0 N–H and O–H groups in total. The lowest BCUT2D eigenvalue weighted by Crippen LogP contribution is -2.76. The van der Waals surface area contributed by atoms with Crippen LogP contribution in [0.5, 0.6) is 0 Å². The molecule has 4 unspecified atom stereocenters. The van der Waals surface area contributed by atoms with Crippen LogP contribution in [0, 0.1) is 16.7 Å². The summed E-state index contributed by atoms with van der Waals surface area (Å²) in [7, 11) is 0. The number of ether oxygens (including phenoxy) is 2. The van der Waals surface area contributed by atoms with Gasteiger partial charge in [-0.3, -0.25) is 4.79 Å². The van der Waals surface area contributed by atoms with Gasteiger partial charge in [0.05, 0.1) is 16.4 Å². The standard InChI is InChI=1S/C24H28O4/c1-3-5-13-19-23-15-9-8-14-22(23,21(26)27-19)18(10-4-2)24(23)17-12-7-6-11-16(17)20(25)28-24/h6-7,11-13,18H,3-5,8-10,14-15H2,1-2H3/b19-13-. The molecule has 28 heavy (non-hydrogen) atoms. The summed E-state index contributed by atoms with van der Waals surface area (Å²) in [6.07, 6.45) is 9.51. The number of hydrogen-bond donors (Lipinski definition) is 0. The lowest BCUT2D eigenvalue weighted by atomic mass is 9.30. The Morgan fingerprint density at radius 2 is 1.89 bits per heavy atom. The normalized spacial score (nSPS) is 39.2. The lowest BCUT2D eigenvalue weighted by molar-refractivity contribution is -0.296. The van der Waals surface area contributed by atoms with Crippen molar-refractivity contribution in [3.05, 3.63) is 47.2 Å². The highest BCUT2D eigenvalue weighted by molar-refractivity contribution is 5.97. The molecule has 2 saturated carbocycles. The SMILES string of the molecule is CCC/C=C1\OC(=O)C23CCCCC12C1(OC(=O)c2ccccc21)C3CCC. The largest absolute Gasteiger partial charge is 0.449 e. The van der Waals surface area contributed by atoms with Gasteiger partial charge in [-0.15, -0.1) is 0 Å². The summed E-state index contributed by atoms with van der Waals surface area (Å²) < 4.78 is 12.4. The first-order valence-corrected chi connectivity index (χ1v) is 10.9. The molecule has 5 rings (SSSR count). The second kappa shape index (κ2) is 5.95. The number of benzene rings is 1. The Morgan fingerprint density at radius 1 is 1.11 bits per heavy atom. The summed E-state index contributed by atoms with van der Waals surface area (Å²) in [5, 5.41) is 0. The van der Waals surface area contributed by atoms with Gasteiger partial charge in [-0.25, -0.2) is 4.79 Å². The van der Waals surface area contributed by atoms with Crippen LogP contribution in [0.25, 0.3) is 0 Å². The van der Waals surface area contributed by atoms with E-state index < -0.39 is 16.4 Å². The van der Waals surface area contributed by atoms with Crippen LogP contribution in [-0.4, -0.2) is 11.9 Å². The van der Waals surface area contributed by atoms with Gasteiger partial charge in [0.1, 0.15) is 5.76 Å². The number of hydrogen-bond acceptors (Lipinski definition) is 4. The molecule has 1 saturated heterocycles. The zero-order valence-electron chi connectivity index (χ0n) is 16.8. The smallest absolute Gasteiger partial charge is 0.339 e. The van der Waals surface area contributed by atoms with Gasteiger partial charge < -0.3 is 9.47 Å². The molecule has 2 aliphatic carbocycles. The van der Waals surface area contributed by atoms with Crippen molar-refractivity contribution in [1.82, 2.24) is 0 Å². The Morgan fingerprint density at radius 3 is 2.68 bits per heavy atom. The molecule has 4 heteroatoms. The van der Waals surface area contributed by atoms with E-state index in [9.17, 15) is 9.59 Å². The minimum absolute atomic E-state index is 0.0158. The second-order valence-corrected chi connectivity index (χ2v) is 8.84. The first kappa shape index (κ1) is 18.0. The summed E-state index contributed by atoms with van der Waals surface area (Å²) in [5.74, 6) is 0.423. The highest BCUT2D eigenvalue weighted by Gasteiger charge is 2.90. The number of fused-ring (bicyclic) bond motifs is 2. The maximum atomic E-state index is 13.4. The molecule has 4 nitrogen and oxygen atoms in total. The minimum atomic E-state index is -0.761. The van der Waals surface area contributed by atoms with Gasteiger partial charge in [0.15, 0.2) is 5.60 Å². The molecule has 0 amide bonds. The maximum Gasteiger partial charge on any atom is 0.339 e. The molecule has 4 atom stereocenters. The van der Waals surface area contributed by atoms with Crippen molar-refractivity contribution in [2.75, 3.05) is 0 Å². The van der Waals surface area contributed by atoms with Crippen molar-refractivity contribution in [3.8, 4) is 0 Å². The average molecular weight is 380 g/mol. The van der Waals surface area contributed by atoms with Crippen molar-refractivity contribution < 1.29 is 19.1 Å². The molecular weight excluding hydrogens is 352 g/mol. The molecular formula is C24H28O4. The Labute approximate surface area is 166 Å². The first-order chi connectivity index (χ1) is 13.6. The Kier molecular flexibility index (Phi) is 3.82. The van der Waals surface area contributed by atoms with Crippen LogP contribution in [0.3, 0.4) is 0 Å². The molecule has 0 radical (unpaired) electrons. The van der Waals surface area contributed by atoms with Crippen LogP contribution >= 0.6 is 0 Å². The molecule has 4 aliphatic rings. The number of carbonyl (C=O) groups is 2. The van der Waals surface area contributed by atoms with E-state index in [2.05, 4.69) is 19.9 Å². The molecule has 0 bridgehead atoms. The van der Waals surface area contributed by atoms with Gasteiger partial charge in [0.25, 0.3) is 0 Å². The van der Waals surface area contributed by atoms with Crippen molar-refractivity contribution in [1.29, 1.82) is 0 Å². The fourth-order valence-electron chi connectivity index (χ4n) is 7.06. The molecule has 1 aromatic rings. The summed E-state index contributed by atoms with van der Waals surface area (Å²) in [4.78, 5) is 26.3. The first-order valence-electron chi connectivity index (χ1n) is 10.9. The van der Waals surface area contributed by atoms with Gasteiger partial charge >= 0.3 is 11.9 Å². The third kappa shape index (κ3) is 1.70. The highest BCUT2D eigenvalue weighted by Crippen LogP contribution is 2.84. The second-order valence-electron chi connectivity index (χ2n) is 8.84. The van der Waals surface area contributed by atoms with Gasteiger partial charge in [-0.1, -0.05) is 57.7 Å². The lowest BCUT2D eigenvalue weighted by Gasteiger charge is -2.70. The molecule has 1 aromatic carbocycles.